The SMILES string of the molecule is COc1ccc(OCC2(CN)CCCCN2)cc1. The highest BCUT2D eigenvalue weighted by molar-refractivity contribution is 5.31. The fraction of sp³-hybridized carbons (Fsp3) is 0.571. The third-order valence-corrected chi connectivity index (χ3v) is 3.55. The largest absolute Gasteiger partial charge is 0.497 e. The zero-order valence-electron chi connectivity index (χ0n) is 10.9. The van der Waals surface area contributed by atoms with Crippen LogP contribution >= 0.6 is 0 Å². The zero-order valence-corrected chi connectivity index (χ0v) is 10.9. The minimum absolute atomic E-state index is 0.0574. The predicted molar refractivity (Wildman–Crippen MR) is 72.1 cm³/mol. The number of rotatable bonds is 5. The highest BCUT2D eigenvalue weighted by atomic mass is 16.5. The van der Waals surface area contributed by atoms with Crippen molar-refractivity contribution in [1.82, 2.24) is 5.32 Å². The van der Waals surface area contributed by atoms with E-state index in [2.05, 4.69) is 5.32 Å². The van der Waals surface area contributed by atoms with Gasteiger partial charge in [-0.25, -0.2) is 0 Å². The van der Waals surface area contributed by atoms with E-state index in [0.29, 0.717) is 13.2 Å². The molecule has 0 bridgehead atoms. The Morgan fingerprint density at radius 3 is 2.50 bits per heavy atom. The van der Waals surface area contributed by atoms with Crippen LogP contribution in [0.15, 0.2) is 24.3 Å². The molecule has 1 atom stereocenters. The quantitative estimate of drug-likeness (QED) is 0.832. The number of hydrogen-bond acceptors (Lipinski definition) is 4. The molecule has 1 saturated heterocycles. The van der Waals surface area contributed by atoms with Crippen molar-refractivity contribution >= 4 is 0 Å². The number of benzene rings is 1. The Kier molecular flexibility index (Phi) is 4.44. The summed E-state index contributed by atoms with van der Waals surface area (Å²) in [4.78, 5) is 0. The van der Waals surface area contributed by atoms with Gasteiger partial charge in [-0.1, -0.05) is 6.42 Å². The summed E-state index contributed by atoms with van der Waals surface area (Å²) in [6.45, 7) is 2.27. The van der Waals surface area contributed by atoms with Crippen LogP contribution in [-0.2, 0) is 0 Å². The first-order valence-corrected chi connectivity index (χ1v) is 6.50. The van der Waals surface area contributed by atoms with Crippen molar-refractivity contribution in [2.24, 2.45) is 5.73 Å². The van der Waals surface area contributed by atoms with Gasteiger partial charge in [0.2, 0.25) is 0 Å². The van der Waals surface area contributed by atoms with Crippen LogP contribution < -0.4 is 20.5 Å². The van der Waals surface area contributed by atoms with Gasteiger partial charge in [-0.05, 0) is 43.7 Å². The average molecular weight is 250 g/mol. The number of piperidine rings is 1. The van der Waals surface area contributed by atoms with E-state index in [1.54, 1.807) is 7.11 Å². The van der Waals surface area contributed by atoms with Crippen LogP contribution in [0.5, 0.6) is 11.5 Å². The Morgan fingerprint density at radius 2 is 1.94 bits per heavy atom. The lowest BCUT2D eigenvalue weighted by Crippen LogP contribution is -2.57. The van der Waals surface area contributed by atoms with E-state index < -0.39 is 0 Å². The van der Waals surface area contributed by atoms with Crippen LogP contribution in [0.1, 0.15) is 19.3 Å². The third kappa shape index (κ3) is 3.15. The molecule has 0 amide bonds. The summed E-state index contributed by atoms with van der Waals surface area (Å²) in [5.41, 5.74) is 5.83. The molecule has 100 valence electrons. The van der Waals surface area contributed by atoms with Crippen LogP contribution in [0.25, 0.3) is 0 Å². The van der Waals surface area contributed by atoms with Crippen molar-refractivity contribution in [2.75, 3.05) is 26.8 Å². The molecule has 1 aliphatic rings. The number of nitrogens with two attached hydrogens (primary N) is 1. The van der Waals surface area contributed by atoms with Crippen molar-refractivity contribution < 1.29 is 9.47 Å². The van der Waals surface area contributed by atoms with Gasteiger partial charge < -0.3 is 20.5 Å². The van der Waals surface area contributed by atoms with Crippen molar-refractivity contribution in [3.05, 3.63) is 24.3 Å². The van der Waals surface area contributed by atoms with Crippen molar-refractivity contribution in [3.63, 3.8) is 0 Å². The molecule has 4 heteroatoms. The molecular formula is C14H22N2O2. The molecule has 18 heavy (non-hydrogen) atoms. The van der Waals surface area contributed by atoms with Crippen LogP contribution in [-0.4, -0.2) is 32.3 Å². The zero-order chi connectivity index (χ0) is 12.8. The standard InChI is InChI=1S/C14H22N2O2/c1-17-12-4-6-13(7-5-12)18-11-14(10-15)8-2-3-9-16-14/h4-7,16H,2-3,8-11,15H2,1H3. The molecule has 4 nitrogen and oxygen atoms in total. The third-order valence-electron chi connectivity index (χ3n) is 3.55. The highest BCUT2D eigenvalue weighted by Crippen LogP contribution is 2.22. The molecule has 1 aromatic carbocycles. The van der Waals surface area contributed by atoms with Gasteiger partial charge in [0.15, 0.2) is 0 Å². The molecular weight excluding hydrogens is 228 g/mol. The monoisotopic (exact) mass is 250 g/mol. The van der Waals surface area contributed by atoms with Gasteiger partial charge in [0.25, 0.3) is 0 Å². The summed E-state index contributed by atoms with van der Waals surface area (Å²) >= 11 is 0. The maximum atomic E-state index is 5.89. The number of methoxy groups -OCH3 is 1. The minimum atomic E-state index is -0.0574. The van der Waals surface area contributed by atoms with E-state index >= 15 is 0 Å². The number of nitrogens with one attached hydrogen (secondary N) is 1. The lowest BCUT2D eigenvalue weighted by Gasteiger charge is -2.37. The summed E-state index contributed by atoms with van der Waals surface area (Å²) in [5.74, 6) is 1.70. The molecule has 1 aliphatic heterocycles. The maximum absolute atomic E-state index is 5.89. The van der Waals surface area contributed by atoms with Crippen LogP contribution in [0, 0.1) is 0 Å². The molecule has 0 spiro atoms. The van der Waals surface area contributed by atoms with E-state index in [-0.39, 0.29) is 5.54 Å². The lowest BCUT2D eigenvalue weighted by atomic mass is 9.90. The van der Waals surface area contributed by atoms with Crippen molar-refractivity contribution in [2.45, 2.75) is 24.8 Å². The van der Waals surface area contributed by atoms with Gasteiger partial charge in [0.1, 0.15) is 18.1 Å². The first kappa shape index (κ1) is 13.2. The lowest BCUT2D eigenvalue weighted by molar-refractivity contribution is 0.154. The Morgan fingerprint density at radius 1 is 1.22 bits per heavy atom. The highest BCUT2D eigenvalue weighted by Gasteiger charge is 2.30. The Hall–Kier alpha value is -1.26. The maximum Gasteiger partial charge on any atom is 0.119 e. The minimum Gasteiger partial charge on any atom is -0.497 e. The Balaban J connectivity index is 1.92. The van der Waals surface area contributed by atoms with Gasteiger partial charge in [-0.3, -0.25) is 0 Å². The molecule has 0 saturated carbocycles. The first-order chi connectivity index (χ1) is 8.78. The molecule has 2 rings (SSSR count). The summed E-state index contributed by atoms with van der Waals surface area (Å²) < 4.78 is 11.0. The molecule has 1 unspecified atom stereocenters. The van der Waals surface area contributed by atoms with E-state index in [9.17, 15) is 0 Å². The van der Waals surface area contributed by atoms with Crippen LogP contribution in [0.2, 0.25) is 0 Å². The van der Waals surface area contributed by atoms with E-state index in [0.717, 1.165) is 24.5 Å². The van der Waals surface area contributed by atoms with E-state index in [1.807, 2.05) is 24.3 Å². The molecule has 0 aromatic heterocycles. The normalized spacial score (nSPS) is 23.7. The van der Waals surface area contributed by atoms with Crippen molar-refractivity contribution in [1.29, 1.82) is 0 Å². The summed E-state index contributed by atoms with van der Waals surface area (Å²) in [7, 11) is 1.66. The Labute approximate surface area is 108 Å². The van der Waals surface area contributed by atoms with Crippen LogP contribution in [0.4, 0.5) is 0 Å². The molecule has 1 fully saturated rings. The van der Waals surface area contributed by atoms with Gasteiger partial charge in [0.05, 0.1) is 12.6 Å². The molecule has 3 N–H and O–H groups in total. The van der Waals surface area contributed by atoms with E-state index in [4.69, 9.17) is 15.2 Å². The second kappa shape index (κ2) is 6.07. The summed E-state index contributed by atoms with van der Waals surface area (Å²) in [6.07, 6.45) is 3.53. The average Bonchev–Trinajstić information content (AvgIpc) is 2.47. The number of ether oxygens (including phenoxy) is 2. The van der Waals surface area contributed by atoms with Crippen LogP contribution in [0.3, 0.4) is 0 Å². The Bertz CT molecular complexity index is 359. The molecule has 0 radical (unpaired) electrons. The predicted octanol–water partition coefficient (Wildman–Crippen LogP) is 1.54. The van der Waals surface area contributed by atoms with Gasteiger partial charge in [-0.2, -0.15) is 0 Å². The summed E-state index contributed by atoms with van der Waals surface area (Å²) in [6, 6.07) is 7.65. The molecule has 0 aliphatic carbocycles. The van der Waals surface area contributed by atoms with Crippen molar-refractivity contribution in [3.8, 4) is 11.5 Å². The second-order valence-electron chi connectivity index (χ2n) is 4.83. The molecule has 1 aromatic rings. The smallest absolute Gasteiger partial charge is 0.119 e. The van der Waals surface area contributed by atoms with Gasteiger partial charge in [0, 0.05) is 6.54 Å². The molecule has 1 heterocycles. The van der Waals surface area contributed by atoms with E-state index in [1.165, 1.54) is 12.8 Å². The van der Waals surface area contributed by atoms with Gasteiger partial charge >= 0.3 is 0 Å². The summed E-state index contributed by atoms with van der Waals surface area (Å²) in [5, 5.41) is 3.50. The topological polar surface area (TPSA) is 56.5 Å². The number of hydrogen-bond donors (Lipinski definition) is 2. The van der Waals surface area contributed by atoms with Gasteiger partial charge in [-0.15, -0.1) is 0 Å². The second-order valence-corrected chi connectivity index (χ2v) is 4.83. The fourth-order valence-corrected chi connectivity index (χ4v) is 2.28. The first-order valence-electron chi connectivity index (χ1n) is 6.50. The fourth-order valence-electron chi connectivity index (χ4n) is 2.28.